The summed E-state index contributed by atoms with van der Waals surface area (Å²) >= 11 is 0. The van der Waals surface area contributed by atoms with Crippen molar-refractivity contribution >= 4 is 34.9 Å². The van der Waals surface area contributed by atoms with Gasteiger partial charge in [-0.25, -0.2) is 14.2 Å². The summed E-state index contributed by atoms with van der Waals surface area (Å²) in [6.45, 7) is 1.52. The number of urea groups is 1. The van der Waals surface area contributed by atoms with Crippen molar-refractivity contribution in [1.82, 2.24) is 20.2 Å². The van der Waals surface area contributed by atoms with Crippen molar-refractivity contribution in [2.45, 2.75) is 13.5 Å². The number of nitrogens with zero attached hydrogens (tertiary/aromatic N) is 2. The Morgan fingerprint density at radius 2 is 1.91 bits per heavy atom. The molecule has 0 aliphatic carbocycles. The van der Waals surface area contributed by atoms with Gasteiger partial charge in [-0.2, -0.15) is 0 Å². The van der Waals surface area contributed by atoms with Crippen LogP contribution in [0.5, 0.6) is 0 Å². The Kier molecular flexibility index (Phi) is 5.59. The summed E-state index contributed by atoms with van der Waals surface area (Å²) in [6, 6.07) is 8.82. The van der Waals surface area contributed by atoms with Crippen LogP contribution in [-0.4, -0.2) is 46.2 Å². The molecule has 0 unspecified atom stereocenters. The number of carbonyl (C=O) groups is 3. The lowest BCUT2D eigenvalue weighted by atomic mass is 10.0. The smallest absolute Gasteiger partial charge is 0.317 e. The Hall–Kier alpha value is -4.21. The number of benzene rings is 1. The van der Waals surface area contributed by atoms with Crippen molar-refractivity contribution in [3.8, 4) is 11.3 Å². The zero-order valence-electron chi connectivity index (χ0n) is 17.5. The number of aromatic amines is 1. The summed E-state index contributed by atoms with van der Waals surface area (Å²) in [5.41, 5.74) is 3.35. The number of nitrogens with one attached hydrogen (secondary N) is 4. The third-order valence-corrected chi connectivity index (χ3v) is 5.01. The standard InChI is InChI=1S/C22H21FN6O3/c1-12(30)26-18-9-13(7-8-25-18)20-21(27-15-5-3-14(23)4-6-15)19-16(28-20)10-29(11-17(19)31)22(32)24-2/h3-9,27-28H,10-11H2,1-2H3,(H,24,32)(H,25,26,30). The fraction of sp³-hybridized carbons (Fsp3) is 0.182. The first kappa shape index (κ1) is 21.0. The predicted octanol–water partition coefficient (Wildman–Crippen LogP) is 3.26. The molecule has 4 rings (SSSR count). The number of hydrogen-bond acceptors (Lipinski definition) is 5. The predicted molar refractivity (Wildman–Crippen MR) is 117 cm³/mol. The number of Topliss-reactive ketones (excluding diaryl/α,β-unsaturated/α-hetero) is 1. The van der Waals surface area contributed by atoms with Crippen molar-refractivity contribution in [3.05, 3.63) is 59.7 Å². The molecule has 0 bridgehead atoms. The second kappa shape index (κ2) is 8.50. The van der Waals surface area contributed by atoms with Gasteiger partial charge < -0.3 is 25.8 Å². The van der Waals surface area contributed by atoms with Gasteiger partial charge in [-0.05, 0) is 36.4 Å². The average molecular weight is 436 g/mol. The molecule has 3 heterocycles. The van der Waals surface area contributed by atoms with Crippen LogP contribution in [0.3, 0.4) is 0 Å². The Bertz CT molecular complexity index is 1200. The molecular weight excluding hydrogens is 415 g/mol. The molecule has 0 saturated heterocycles. The number of rotatable bonds is 4. The lowest BCUT2D eigenvalue weighted by Crippen LogP contribution is -2.43. The van der Waals surface area contributed by atoms with Crippen molar-refractivity contribution < 1.29 is 18.8 Å². The first-order valence-corrected chi connectivity index (χ1v) is 9.87. The summed E-state index contributed by atoms with van der Waals surface area (Å²) in [6.07, 6.45) is 1.54. The number of carbonyl (C=O) groups excluding carboxylic acids is 3. The Balaban J connectivity index is 1.82. The van der Waals surface area contributed by atoms with Gasteiger partial charge >= 0.3 is 6.03 Å². The largest absolute Gasteiger partial charge is 0.355 e. The minimum Gasteiger partial charge on any atom is -0.355 e. The third-order valence-electron chi connectivity index (χ3n) is 5.01. The van der Waals surface area contributed by atoms with E-state index in [0.29, 0.717) is 39.7 Å². The summed E-state index contributed by atoms with van der Waals surface area (Å²) in [5, 5.41) is 8.38. The molecule has 32 heavy (non-hydrogen) atoms. The topological polar surface area (TPSA) is 119 Å². The number of H-pyrrole nitrogens is 1. The molecule has 164 valence electrons. The van der Waals surface area contributed by atoms with Gasteiger partial charge in [0.2, 0.25) is 5.91 Å². The Morgan fingerprint density at radius 1 is 1.16 bits per heavy atom. The van der Waals surface area contributed by atoms with Gasteiger partial charge in [0.05, 0.1) is 30.0 Å². The molecule has 4 N–H and O–H groups in total. The van der Waals surface area contributed by atoms with Crippen LogP contribution in [0.25, 0.3) is 11.3 Å². The van der Waals surface area contributed by atoms with Crippen molar-refractivity contribution in [2.24, 2.45) is 0 Å². The van der Waals surface area contributed by atoms with Crippen LogP contribution in [-0.2, 0) is 11.3 Å². The van der Waals surface area contributed by atoms with Crippen LogP contribution in [0, 0.1) is 5.82 Å². The van der Waals surface area contributed by atoms with Gasteiger partial charge in [-0.15, -0.1) is 0 Å². The van der Waals surface area contributed by atoms with Crippen LogP contribution in [0.4, 0.5) is 26.4 Å². The third kappa shape index (κ3) is 4.15. The first-order valence-electron chi connectivity index (χ1n) is 9.87. The van der Waals surface area contributed by atoms with Crippen LogP contribution in [0.2, 0.25) is 0 Å². The SMILES string of the molecule is CNC(=O)N1CC(=O)c2c([nH]c(-c3ccnc(NC(C)=O)c3)c2Nc2ccc(F)cc2)C1. The average Bonchev–Trinajstić information content (AvgIpc) is 3.13. The van der Waals surface area contributed by atoms with Crippen molar-refractivity contribution in [3.63, 3.8) is 0 Å². The monoisotopic (exact) mass is 436 g/mol. The number of fused-ring (bicyclic) bond motifs is 1. The number of aromatic nitrogens is 2. The van der Waals surface area contributed by atoms with E-state index in [-0.39, 0.29) is 36.6 Å². The quantitative estimate of drug-likeness (QED) is 0.501. The molecule has 0 spiro atoms. The summed E-state index contributed by atoms with van der Waals surface area (Å²) in [5.74, 6) is -0.522. The second-order valence-electron chi connectivity index (χ2n) is 7.31. The molecule has 0 saturated carbocycles. The van der Waals surface area contributed by atoms with Crippen LogP contribution < -0.4 is 16.0 Å². The van der Waals surface area contributed by atoms with E-state index in [0.717, 1.165) is 0 Å². The van der Waals surface area contributed by atoms with E-state index in [9.17, 15) is 18.8 Å². The maximum atomic E-state index is 13.4. The second-order valence-corrected chi connectivity index (χ2v) is 7.31. The number of pyridine rings is 1. The highest BCUT2D eigenvalue weighted by atomic mass is 19.1. The molecule has 1 aromatic carbocycles. The van der Waals surface area contributed by atoms with Crippen LogP contribution in [0.1, 0.15) is 23.0 Å². The normalized spacial score (nSPS) is 12.8. The van der Waals surface area contributed by atoms with E-state index < -0.39 is 0 Å². The lowest BCUT2D eigenvalue weighted by Gasteiger charge is -2.26. The van der Waals surface area contributed by atoms with E-state index in [1.807, 2.05) is 0 Å². The number of hydrogen-bond donors (Lipinski definition) is 4. The van der Waals surface area contributed by atoms with Gasteiger partial charge in [-0.3, -0.25) is 9.59 Å². The van der Waals surface area contributed by atoms with E-state index in [1.54, 1.807) is 30.5 Å². The van der Waals surface area contributed by atoms with Crippen molar-refractivity contribution in [1.29, 1.82) is 0 Å². The number of amides is 3. The fourth-order valence-corrected chi connectivity index (χ4v) is 3.63. The number of anilines is 3. The van der Waals surface area contributed by atoms with Gasteiger partial charge in [-0.1, -0.05) is 0 Å². The Labute approximate surface area is 183 Å². The molecule has 1 aliphatic heterocycles. The molecule has 3 aromatic rings. The molecule has 1 aliphatic rings. The van der Waals surface area contributed by atoms with Gasteiger partial charge in [0.1, 0.15) is 11.6 Å². The van der Waals surface area contributed by atoms with Crippen molar-refractivity contribution in [2.75, 3.05) is 24.2 Å². The van der Waals surface area contributed by atoms with E-state index >= 15 is 0 Å². The maximum absolute atomic E-state index is 13.4. The minimum atomic E-state index is -0.377. The Morgan fingerprint density at radius 3 is 2.59 bits per heavy atom. The molecule has 0 atom stereocenters. The van der Waals surface area contributed by atoms with E-state index in [2.05, 4.69) is 25.9 Å². The van der Waals surface area contributed by atoms with Crippen LogP contribution >= 0.6 is 0 Å². The molecule has 9 nitrogen and oxygen atoms in total. The van der Waals surface area contributed by atoms with E-state index in [4.69, 9.17) is 0 Å². The van der Waals surface area contributed by atoms with Gasteiger partial charge in [0, 0.05) is 37.1 Å². The summed E-state index contributed by atoms with van der Waals surface area (Å²) in [7, 11) is 1.50. The first-order chi connectivity index (χ1) is 15.4. The molecule has 0 fully saturated rings. The number of ketones is 1. The van der Waals surface area contributed by atoms with Crippen LogP contribution in [0.15, 0.2) is 42.6 Å². The highest BCUT2D eigenvalue weighted by molar-refractivity contribution is 6.09. The highest BCUT2D eigenvalue weighted by Crippen LogP contribution is 2.38. The molecule has 0 radical (unpaired) electrons. The zero-order chi connectivity index (χ0) is 22.8. The minimum absolute atomic E-state index is 0.0739. The molecule has 10 heteroatoms. The number of halogens is 1. The van der Waals surface area contributed by atoms with Gasteiger partial charge in [0.15, 0.2) is 5.78 Å². The highest BCUT2D eigenvalue weighted by Gasteiger charge is 2.32. The van der Waals surface area contributed by atoms with Gasteiger partial charge in [0.25, 0.3) is 0 Å². The zero-order valence-corrected chi connectivity index (χ0v) is 17.5. The maximum Gasteiger partial charge on any atom is 0.317 e. The molecular formula is C22H21FN6O3. The van der Waals surface area contributed by atoms with E-state index in [1.165, 1.54) is 31.0 Å². The fourth-order valence-electron chi connectivity index (χ4n) is 3.63. The molecule has 3 amide bonds. The summed E-state index contributed by atoms with van der Waals surface area (Å²) in [4.78, 5) is 45.4. The summed E-state index contributed by atoms with van der Waals surface area (Å²) < 4.78 is 13.4. The lowest BCUT2D eigenvalue weighted by molar-refractivity contribution is -0.114. The molecule has 2 aromatic heterocycles.